The molecule has 1 saturated heterocycles. The molecule has 1 aliphatic rings. The van der Waals surface area contributed by atoms with E-state index in [0.717, 1.165) is 50.3 Å². The van der Waals surface area contributed by atoms with Crippen LogP contribution < -0.4 is 5.32 Å². The Labute approximate surface area is 137 Å². The van der Waals surface area contributed by atoms with Crippen LogP contribution in [0.2, 0.25) is 0 Å². The number of hydrogen-bond donors (Lipinski definition) is 1. The summed E-state index contributed by atoms with van der Waals surface area (Å²) in [5, 5.41) is 3.07. The lowest BCUT2D eigenvalue weighted by Crippen LogP contribution is -2.38. The average Bonchev–Trinajstić information content (AvgIpc) is 3.07. The molecule has 23 heavy (non-hydrogen) atoms. The summed E-state index contributed by atoms with van der Waals surface area (Å²) in [6, 6.07) is 11.7. The molecule has 1 aromatic carbocycles. The molecule has 0 saturated carbocycles. The van der Waals surface area contributed by atoms with Crippen LogP contribution in [-0.4, -0.2) is 30.4 Å². The van der Waals surface area contributed by atoms with Crippen LogP contribution >= 0.6 is 0 Å². The van der Waals surface area contributed by atoms with Crippen molar-refractivity contribution in [1.29, 1.82) is 0 Å². The van der Waals surface area contributed by atoms with Gasteiger partial charge in [-0.05, 0) is 63.0 Å². The van der Waals surface area contributed by atoms with Gasteiger partial charge < -0.3 is 9.73 Å². The van der Waals surface area contributed by atoms with Gasteiger partial charge in [0.05, 0.1) is 12.8 Å². The van der Waals surface area contributed by atoms with E-state index < -0.39 is 0 Å². The van der Waals surface area contributed by atoms with Gasteiger partial charge in [0.1, 0.15) is 5.76 Å². The van der Waals surface area contributed by atoms with Crippen LogP contribution in [0.25, 0.3) is 0 Å². The SMILES string of the molecule is Cc1ccc(C(=O)NCC2CCN(Cc3ccco3)CC2)cc1. The van der Waals surface area contributed by atoms with Gasteiger partial charge in [-0.15, -0.1) is 0 Å². The summed E-state index contributed by atoms with van der Waals surface area (Å²) < 4.78 is 5.40. The molecule has 0 unspecified atom stereocenters. The molecule has 1 aromatic heterocycles. The molecule has 2 heterocycles. The molecule has 4 nitrogen and oxygen atoms in total. The van der Waals surface area contributed by atoms with Crippen LogP contribution in [0.5, 0.6) is 0 Å². The van der Waals surface area contributed by atoms with E-state index in [1.165, 1.54) is 5.56 Å². The number of likely N-dealkylation sites (tertiary alicyclic amines) is 1. The number of amides is 1. The van der Waals surface area contributed by atoms with Gasteiger partial charge in [-0.2, -0.15) is 0 Å². The van der Waals surface area contributed by atoms with Crippen molar-refractivity contribution in [3.63, 3.8) is 0 Å². The van der Waals surface area contributed by atoms with Crippen LogP contribution in [0.1, 0.15) is 34.5 Å². The van der Waals surface area contributed by atoms with Gasteiger partial charge in [-0.25, -0.2) is 0 Å². The fraction of sp³-hybridized carbons (Fsp3) is 0.421. The van der Waals surface area contributed by atoms with E-state index in [1.54, 1.807) is 6.26 Å². The number of carbonyl (C=O) groups excluding carboxylic acids is 1. The monoisotopic (exact) mass is 312 g/mol. The van der Waals surface area contributed by atoms with E-state index in [-0.39, 0.29) is 5.91 Å². The molecule has 0 aliphatic carbocycles. The highest BCUT2D eigenvalue weighted by Gasteiger charge is 2.20. The van der Waals surface area contributed by atoms with Crippen LogP contribution in [0.15, 0.2) is 47.1 Å². The Bertz CT molecular complexity index is 611. The lowest BCUT2D eigenvalue weighted by Gasteiger charge is -2.31. The van der Waals surface area contributed by atoms with Crippen molar-refractivity contribution in [2.75, 3.05) is 19.6 Å². The van der Waals surface area contributed by atoms with Crippen LogP contribution in [0, 0.1) is 12.8 Å². The standard InChI is InChI=1S/C19H24N2O2/c1-15-4-6-17(7-5-15)19(22)20-13-16-8-10-21(11-9-16)14-18-3-2-12-23-18/h2-7,12,16H,8-11,13-14H2,1H3,(H,20,22). The third kappa shape index (κ3) is 4.45. The van der Waals surface area contributed by atoms with E-state index in [9.17, 15) is 4.79 Å². The maximum absolute atomic E-state index is 12.1. The smallest absolute Gasteiger partial charge is 0.251 e. The molecule has 2 aromatic rings. The van der Waals surface area contributed by atoms with Crippen molar-refractivity contribution in [2.45, 2.75) is 26.3 Å². The molecule has 3 rings (SSSR count). The maximum atomic E-state index is 12.1. The topological polar surface area (TPSA) is 45.5 Å². The molecular formula is C19H24N2O2. The zero-order valence-electron chi connectivity index (χ0n) is 13.6. The lowest BCUT2D eigenvalue weighted by atomic mass is 9.96. The molecule has 0 atom stereocenters. The van der Waals surface area contributed by atoms with Crippen molar-refractivity contribution in [3.05, 3.63) is 59.5 Å². The molecule has 0 bridgehead atoms. The normalized spacial score (nSPS) is 16.4. The second-order valence-electron chi connectivity index (χ2n) is 6.37. The van der Waals surface area contributed by atoms with Gasteiger partial charge in [0.15, 0.2) is 0 Å². The van der Waals surface area contributed by atoms with Gasteiger partial charge in [-0.1, -0.05) is 17.7 Å². The van der Waals surface area contributed by atoms with Crippen molar-refractivity contribution in [3.8, 4) is 0 Å². The van der Waals surface area contributed by atoms with E-state index in [0.29, 0.717) is 5.92 Å². The molecule has 1 fully saturated rings. The molecule has 4 heteroatoms. The summed E-state index contributed by atoms with van der Waals surface area (Å²) in [7, 11) is 0. The maximum Gasteiger partial charge on any atom is 0.251 e. The number of furan rings is 1. The second-order valence-corrected chi connectivity index (χ2v) is 6.37. The fourth-order valence-electron chi connectivity index (χ4n) is 3.02. The minimum absolute atomic E-state index is 0.0306. The summed E-state index contributed by atoms with van der Waals surface area (Å²) in [5.74, 6) is 1.62. The first-order valence-electron chi connectivity index (χ1n) is 8.30. The molecule has 122 valence electrons. The van der Waals surface area contributed by atoms with Crippen LogP contribution in [-0.2, 0) is 6.54 Å². The first-order valence-corrected chi connectivity index (χ1v) is 8.30. The third-order valence-corrected chi connectivity index (χ3v) is 4.53. The zero-order valence-corrected chi connectivity index (χ0v) is 13.6. The van der Waals surface area contributed by atoms with E-state index in [2.05, 4.69) is 10.2 Å². The van der Waals surface area contributed by atoms with Gasteiger partial charge in [-0.3, -0.25) is 9.69 Å². The Morgan fingerprint density at radius 1 is 1.22 bits per heavy atom. The Morgan fingerprint density at radius 3 is 2.61 bits per heavy atom. The first kappa shape index (κ1) is 15.8. The molecule has 1 N–H and O–H groups in total. The van der Waals surface area contributed by atoms with Crippen molar-refractivity contribution in [1.82, 2.24) is 10.2 Å². The highest BCUT2D eigenvalue weighted by molar-refractivity contribution is 5.94. The van der Waals surface area contributed by atoms with Crippen LogP contribution in [0.4, 0.5) is 0 Å². The number of benzene rings is 1. The van der Waals surface area contributed by atoms with Gasteiger partial charge in [0.25, 0.3) is 5.91 Å². The van der Waals surface area contributed by atoms with Crippen molar-refractivity contribution < 1.29 is 9.21 Å². The van der Waals surface area contributed by atoms with E-state index >= 15 is 0 Å². The molecule has 1 amide bonds. The number of nitrogens with one attached hydrogen (secondary N) is 1. The number of hydrogen-bond acceptors (Lipinski definition) is 3. The lowest BCUT2D eigenvalue weighted by molar-refractivity contribution is 0.0934. The number of piperidine rings is 1. The molecule has 1 aliphatic heterocycles. The van der Waals surface area contributed by atoms with Crippen molar-refractivity contribution >= 4 is 5.91 Å². The fourth-order valence-corrected chi connectivity index (χ4v) is 3.02. The molecule has 0 spiro atoms. The Kier molecular flexibility index (Phi) is 5.13. The van der Waals surface area contributed by atoms with Crippen LogP contribution in [0.3, 0.4) is 0 Å². The van der Waals surface area contributed by atoms with E-state index in [4.69, 9.17) is 4.42 Å². The predicted octanol–water partition coefficient (Wildman–Crippen LogP) is 3.23. The van der Waals surface area contributed by atoms with Crippen molar-refractivity contribution in [2.24, 2.45) is 5.92 Å². The summed E-state index contributed by atoms with van der Waals surface area (Å²) in [6.07, 6.45) is 3.96. The highest BCUT2D eigenvalue weighted by Crippen LogP contribution is 2.18. The van der Waals surface area contributed by atoms with E-state index in [1.807, 2.05) is 43.3 Å². The molecular weight excluding hydrogens is 288 g/mol. The predicted molar refractivity (Wildman–Crippen MR) is 90.2 cm³/mol. The Balaban J connectivity index is 1.40. The first-order chi connectivity index (χ1) is 11.2. The summed E-state index contributed by atoms with van der Waals surface area (Å²) in [5.41, 5.74) is 1.91. The highest BCUT2D eigenvalue weighted by atomic mass is 16.3. The largest absolute Gasteiger partial charge is 0.468 e. The zero-order chi connectivity index (χ0) is 16.1. The quantitative estimate of drug-likeness (QED) is 0.922. The summed E-state index contributed by atoms with van der Waals surface area (Å²) >= 11 is 0. The molecule has 0 radical (unpaired) electrons. The second kappa shape index (κ2) is 7.47. The Morgan fingerprint density at radius 2 is 1.96 bits per heavy atom. The number of rotatable bonds is 5. The number of carbonyl (C=O) groups is 1. The number of nitrogens with zero attached hydrogens (tertiary/aromatic N) is 1. The van der Waals surface area contributed by atoms with Gasteiger partial charge >= 0.3 is 0 Å². The minimum Gasteiger partial charge on any atom is -0.468 e. The average molecular weight is 312 g/mol. The summed E-state index contributed by atoms with van der Waals surface area (Å²) in [6.45, 7) is 5.80. The number of aryl methyl sites for hydroxylation is 1. The third-order valence-electron chi connectivity index (χ3n) is 4.53. The summed E-state index contributed by atoms with van der Waals surface area (Å²) in [4.78, 5) is 14.6. The minimum atomic E-state index is 0.0306. The van der Waals surface area contributed by atoms with Gasteiger partial charge in [0, 0.05) is 12.1 Å². The Hall–Kier alpha value is -2.07. The van der Waals surface area contributed by atoms with Gasteiger partial charge in [0.2, 0.25) is 0 Å².